The molecule has 3 rings (SSSR count). The minimum Gasteiger partial charge on any atom is -0.439 e. The van der Waals surface area contributed by atoms with Crippen molar-refractivity contribution in [2.45, 2.75) is 19.5 Å². The van der Waals surface area contributed by atoms with Crippen LogP contribution in [-0.4, -0.2) is 35.4 Å². The van der Waals surface area contributed by atoms with Crippen molar-refractivity contribution in [1.29, 1.82) is 0 Å². The van der Waals surface area contributed by atoms with Gasteiger partial charge in [0.15, 0.2) is 0 Å². The lowest BCUT2D eigenvalue weighted by Gasteiger charge is -2.18. The fourth-order valence-corrected chi connectivity index (χ4v) is 2.88. The summed E-state index contributed by atoms with van der Waals surface area (Å²) < 4.78 is 18.6. The first-order valence-electron chi connectivity index (χ1n) is 10.2. The molecule has 2 aromatic carbocycles. The number of hydrogen-bond donors (Lipinski definition) is 2. The maximum Gasteiger partial charge on any atom is 0.317 e. The van der Waals surface area contributed by atoms with Crippen molar-refractivity contribution < 1.29 is 18.7 Å². The molecule has 0 radical (unpaired) electrons. The molecule has 8 heteroatoms. The van der Waals surface area contributed by atoms with E-state index in [0.717, 1.165) is 11.1 Å². The number of nitrogens with one attached hydrogen (secondary N) is 2. The number of halogens is 1. The Balaban J connectivity index is 1.38. The van der Waals surface area contributed by atoms with E-state index in [-0.39, 0.29) is 30.7 Å². The molecular weight excluding hydrogens is 411 g/mol. The van der Waals surface area contributed by atoms with Crippen LogP contribution in [-0.2, 0) is 17.9 Å². The summed E-state index contributed by atoms with van der Waals surface area (Å²) in [5.41, 5.74) is 1.83. The van der Waals surface area contributed by atoms with Crippen molar-refractivity contribution >= 4 is 11.9 Å². The van der Waals surface area contributed by atoms with E-state index in [1.54, 1.807) is 30.3 Å². The molecule has 0 aliphatic rings. The Hall–Kier alpha value is -3.94. The zero-order valence-electron chi connectivity index (χ0n) is 17.8. The van der Waals surface area contributed by atoms with E-state index in [4.69, 9.17) is 4.74 Å². The lowest BCUT2D eigenvalue weighted by atomic mass is 10.2. The number of benzene rings is 2. The predicted octanol–water partition coefficient (Wildman–Crippen LogP) is 3.86. The topological polar surface area (TPSA) is 83.6 Å². The molecule has 166 valence electrons. The Morgan fingerprint density at radius 1 is 1.00 bits per heavy atom. The molecule has 0 fully saturated rings. The van der Waals surface area contributed by atoms with Crippen LogP contribution in [0.4, 0.5) is 9.18 Å². The molecule has 32 heavy (non-hydrogen) atoms. The second-order valence-electron chi connectivity index (χ2n) is 7.16. The molecule has 2 N–H and O–H groups in total. The molecule has 3 amide bonds. The highest BCUT2D eigenvalue weighted by Crippen LogP contribution is 2.20. The first kappa shape index (κ1) is 22.7. The van der Waals surface area contributed by atoms with E-state index < -0.39 is 0 Å². The van der Waals surface area contributed by atoms with Crippen molar-refractivity contribution in [3.63, 3.8) is 0 Å². The molecule has 3 aromatic rings. The molecule has 0 saturated heterocycles. The zero-order valence-corrected chi connectivity index (χ0v) is 17.8. The highest BCUT2D eigenvalue weighted by Gasteiger charge is 2.10. The molecule has 1 heterocycles. The summed E-state index contributed by atoms with van der Waals surface area (Å²) in [4.78, 5) is 29.9. The van der Waals surface area contributed by atoms with Gasteiger partial charge in [-0.05, 0) is 41.5 Å². The van der Waals surface area contributed by atoms with Crippen LogP contribution in [0.25, 0.3) is 0 Å². The quantitative estimate of drug-likeness (QED) is 0.534. The highest BCUT2D eigenvalue weighted by molar-refractivity contribution is 5.78. The van der Waals surface area contributed by atoms with Crippen LogP contribution in [0, 0.1) is 5.82 Å². The summed E-state index contributed by atoms with van der Waals surface area (Å²) in [6.45, 7) is 1.02. The number of carbonyl (C=O) groups excluding carboxylic acids is 2. The predicted molar refractivity (Wildman–Crippen MR) is 118 cm³/mol. The molecular formula is C24H25FN4O3. The van der Waals surface area contributed by atoms with Crippen LogP contribution >= 0.6 is 0 Å². The van der Waals surface area contributed by atoms with Crippen LogP contribution in [0.15, 0.2) is 72.9 Å². The van der Waals surface area contributed by atoms with Crippen molar-refractivity contribution in [1.82, 2.24) is 20.5 Å². The first-order valence-corrected chi connectivity index (χ1v) is 10.2. The van der Waals surface area contributed by atoms with Crippen molar-refractivity contribution in [2.75, 3.05) is 13.6 Å². The highest BCUT2D eigenvalue weighted by atomic mass is 19.1. The average Bonchev–Trinajstić information content (AvgIpc) is 2.80. The van der Waals surface area contributed by atoms with Gasteiger partial charge in [-0.2, -0.15) is 0 Å². The fourth-order valence-electron chi connectivity index (χ4n) is 2.88. The number of hydrogen-bond acceptors (Lipinski definition) is 4. The number of ether oxygens (including phenoxy) is 1. The van der Waals surface area contributed by atoms with Gasteiger partial charge in [-0.1, -0.05) is 30.3 Å². The third-order valence-corrected chi connectivity index (χ3v) is 4.56. The largest absolute Gasteiger partial charge is 0.439 e. The number of nitrogens with zero attached hydrogens (tertiary/aromatic N) is 2. The second-order valence-corrected chi connectivity index (χ2v) is 7.16. The molecule has 0 aliphatic carbocycles. The Morgan fingerprint density at radius 3 is 2.50 bits per heavy atom. The summed E-state index contributed by atoms with van der Waals surface area (Å²) >= 11 is 0. The minimum absolute atomic E-state index is 0.162. The van der Waals surface area contributed by atoms with Crippen LogP contribution in [0.5, 0.6) is 11.6 Å². The first-order chi connectivity index (χ1) is 15.5. The summed E-state index contributed by atoms with van der Waals surface area (Å²) in [7, 11) is 1.71. The van der Waals surface area contributed by atoms with Gasteiger partial charge in [0.2, 0.25) is 11.8 Å². The van der Waals surface area contributed by atoms with E-state index in [1.165, 1.54) is 24.3 Å². The smallest absolute Gasteiger partial charge is 0.317 e. The van der Waals surface area contributed by atoms with Crippen LogP contribution < -0.4 is 15.4 Å². The summed E-state index contributed by atoms with van der Waals surface area (Å²) in [6, 6.07) is 18.5. The Kier molecular flexibility index (Phi) is 8.14. The van der Waals surface area contributed by atoms with Crippen LogP contribution in [0.2, 0.25) is 0 Å². The Bertz CT molecular complexity index is 1030. The normalized spacial score (nSPS) is 10.3. The SMILES string of the molecule is CN(Cc1ccccc1)C(=O)NCCC(=O)NCc1ccnc(Oc2ccc(F)cc2)c1. The minimum atomic E-state index is -0.346. The summed E-state index contributed by atoms with van der Waals surface area (Å²) in [6.07, 6.45) is 1.73. The Morgan fingerprint density at radius 2 is 1.75 bits per heavy atom. The zero-order chi connectivity index (χ0) is 22.8. The molecule has 0 aliphatic heterocycles. The number of aromatic nitrogens is 1. The number of rotatable bonds is 9. The third-order valence-electron chi connectivity index (χ3n) is 4.56. The van der Waals surface area contributed by atoms with Gasteiger partial charge in [-0.25, -0.2) is 14.2 Å². The monoisotopic (exact) mass is 436 g/mol. The van der Waals surface area contributed by atoms with Crippen molar-refractivity contribution in [3.8, 4) is 11.6 Å². The molecule has 0 saturated carbocycles. The standard InChI is InChI=1S/C24H25FN4O3/c1-29(17-18-5-3-2-4-6-18)24(31)27-14-12-22(30)28-16-19-11-13-26-23(15-19)32-21-9-7-20(25)8-10-21/h2-11,13,15H,12,14,16-17H2,1H3,(H,27,31)(H,28,30). The van der Waals surface area contributed by atoms with Gasteiger partial charge in [0.05, 0.1) is 0 Å². The van der Waals surface area contributed by atoms with Gasteiger partial charge < -0.3 is 20.3 Å². The third kappa shape index (κ3) is 7.39. The van der Waals surface area contributed by atoms with E-state index >= 15 is 0 Å². The molecule has 0 unspecified atom stereocenters. The molecule has 0 atom stereocenters. The van der Waals surface area contributed by atoms with Crippen molar-refractivity contribution in [2.24, 2.45) is 0 Å². The van der Waals surface area contributed by atoms with Gasteiger partial charge in [0, 0.05) is 45.4 Å². The summed E-state index contributed by atoms with van der Waals surface area (Å²) in [5.74, 6) is 0.278. The second kappa shape index (κ2) is 11.5. The van der Waals surface area contributed by atoms with E-state index in [1.807, 2.05) is 30.3 Å². The number of pyridine rings is 1. The van der Waals surface area contributed by atoms with Crippen LogP contribution in [0.3, 0.4) is 0 Å². The van der Waals surface area contributed by atoms with Gasteiger partial charge in [-0.3, -0.25) is 4.79 Å². The van der Waals surface area contributed by atoms with Gasteiger partial charge in [0.25, 0.3) is 0 Å². The maximum absolute atomic E-state index is 13.0. The lowest BCUT2D eigenvalue weighted by molar-refractivity contribution is -0.121. The Labute approximate surface area is 186 Å². The van der Waals surface area contributed by atoms with Gasteiger partial charge >= 0.3 is 6.03 Å². The maximum atomic E-state index is 13.0. The molecule has 7 nitrogen and oxygen atoms in total. The van der Waals surface area contributed by atoms with E-state index in [9.17, 15) is 14.0 Å². The van der Waals surface area contributed by atoms with Crippen molar-refractivity contribution in [3.05, 3.63) is 89.9 Å². The molecule has 0 spiro atoms. The fraction of sp³-hybridized carbons (Fsp3) is 0.208. The number of urea groups is 1. The van der Waals surface area contributed by atoms with E-state index in [0.29, 0.717) is 24.7 Å². The number of amides is 3. The molecule has 1 aromatic heterocycles. The van der Waals surface area contributed by atoms with Crippen LogP contribution in [0.1, 0.15) is 17.5 Å². The number of carbonyl (C=O) groups is 2. The summed E-state index contributed by atoms with van der Waals surface area (Å²) in [5, 5.41) is 5.55. The lowest BCUT2D eigenvalue weighted by Crippen LogP contribution is -2.38. The average molecular weight is 436 g/mol. The van der Waals surface area contributed by atoms with Gasteiger partial charge in [0.1, 0.15) is 11.6 Å². The molecule has 0 bridgehead atoms. The van der Waals surface area contributed by atoms with Gasteiger partial charge in [-0.15, -0.1) is 0 Å². The van der Waals surface area contributed by atoms with E-state index in [2.05, 4.69) is 15.6 Å².